The number of thioether (sulfide) groups is 1. The Kier molecular flexibility index (Phi) is 5.78. The van der Waals surface area contributed by atoms with Gasteiger partial charge < -0.3 is 10.6 Å². The number of hydrogen-bond donors (Lipinski definition) is 2. The highest BCUT2D eigenvalue weighted by Crippen LogP contribution is 2.35. The summed E-state index contributed by atoms with van der Waals surface area (Å²) in [4.78, 5) is 18.6. The van der Waals surface area contributed by atoms with E-state index in [2.05, 4.69) is 33.6 Å². The van der Waals surface area contributed by atoms with Crippen LogP contribution in [0.4, 0.5) is 4.79 Å². The van der Waals surface area contributed by atoms with Crippen molar-refractivity contribution in [1.82, 2.24) is 20.5 Å². The van der Waals surface area contributed by atoms with Crippen molar-refractivity contribution in [2.24, 2.45) is 5.92 Å². The van der Waals surface area contributed by atoms with Gasteiger partial charge in [0.2, 0.25) is 0 Å². The molecule has 0 radical (unpaired) electrons. The van der Waals surface area contributed by atoms with E-state index in [0.717, 1.165) is 19.5 Å². The van der Waals surface area contributed by atoms with E-state index in [9.17, 15) is 4.79 Å². The van der Waals surface area contributed by atoms with Crippen LogP contribution < -0.4 is 10.6 Å². The minimum absolute atomic E-state index is 0.0306. The molecular weight excluding hydrogens is 308 g/mol. The Morgan fingerprint density at radius 2 is 2.26 bits per heavy atom. The molecule has 0 saturated carbocycles. The molecule has 2 aliphatic rings. The number of rotatable bonds is 5. The fourth-order valence-electron chi connectivity index (χ4n) is 3.62. The van der Waals surface area contributed by atoms with Crippen molar-refractivity contribution in [2.75, 3.05) is 32.4 Å². The molecule has 0 bridgehead atoms. The number of amides is 2. The van der Waals surface area contributed by atoms with Gasteiger partial charge in [0.25, 0.3) is 0 Å². The standard InChI is InChI=1S/C17H26N4OS/c1-21-8-6-14(16(21)13-4-2-7-18-10-13)11-19-17(22)20-12-15-5-3-9-23-15/h2,4,7,10,14-16H,3,5-6,8-9,11-12H2,1H3,(H2,19,20,22)/t14-,15-,16-/m0/s1. The molecule has 6 heteroatoms. The van der Waals surface area contributed by atoms with E-state index in [0.29, 0.717) is 23.8 Å². The molecule has 126 valence electrons. The zero-order valence-electron chi connectivity index (χ0n) is 13.7. The smallest absolute Gasteiger partial charge is 0.314 e. The summed E-state index contributed by atoms with van der Waals surface area (Å²) in [5.74, 6) is 1.67. The van der Waals surface area contributed by atoms with Crippen LogP contribution in [0.15, 0.2) is 24.5 Å². The number of nitrogens with zero attached hydrogens (tertiary/aromatic N) is 2. The van der Waals surface area contributed by atoms with E-state index < -0.39 is 0 Å². The molecule has 0 aliphatic carbocycles. The number of carbonyl (C=O) groups excluding carboxylic acids is 1. The molecule has 1 aromatic rings. The molecule has 2 saturated heterocycles. The van der Waals surface area contributed by atoms with Crippen LogP contribution in [0.1, 0.15) is 30.9 Å². The number of aromatic nitrogens is 1. The third-order valence-electron chi connectivity index (χ3n) is 4.84. The van der Waals surface area contributed by atoms with Gasteiger partial charge in [-0.05, 0) is 56.2 Å². The number of nitrogens with one attached hydrogen (secondary N) is 2. The zero-order chi connectivity index (χ0) is 16.1. The van der Waals surface area contributed by atoms with Gasteiger partial charge in [0.15, 0.2) is 0 Å². The van der Waals surface area contributed by atoms with E-state index in [1.165, 1.54) is 24.2 Å². The van der Waals surface area contributed by atoms with Crippen LogP contribution in [-0.4, -0.2) is 53.6 Å². The van der Waals surface area contributed by atoms with E-state index in [1.807, 2.05) is 24.0 Å². The molecule has 0 aromatic carbocycles. The lowest BCUT2D eigenvalue weighted by Crippen LogP contribution is -2.41. The van der Waals surface area contributed by atoms with Crippen LogP contribution in [-0.2, 0) is 0 Å². The number of urea groups is 1. The summed E-state index contributed by atoms with van der Waals surface area (Å²) in [6.07, 6.45) is 7.35. The van der Waals surface area contributed by atoms with Gasteiger partial charge in [0.1, 0.15) is 0 Å². The first kappa shape index (κ1) is 16.6. The molecule has 3 heterocycles. The zero-order valence-corrected chi connectivity index (χ0v) is 14.5. The van der Waals surface area contributed by atoms with Crippen molar-refractivity contribution in [2.45, 2.75) is 30.6 Å². The maximum atomic E-state index is 12.0. The SMILES string of the molecule is CN1CC[C@@H](CNC(=O)NC[C@@H]2CCCS2)[C@@H]1c1cccnc1. The van der Waals surface area contributed by atoms with Gasteiger partial charge in [0.05, 0.1) is 0 Å². The third kappa shape index (κ3) is 4.38. The summed E-state index contributed by atoms with van der Waals surface area (Å²) < 4.78 is 0. The van der Waals surface area contributed by atoms with Gasteiger partial charge >= 0.3 is 6.03 Å². The van der Waals surface area contributed by atoms with E-state index >= 15 is 0 Å². The Labute approximate surface area is 142 Å². The maximum Gasteiger partial charge on any atom is 0.314 e. The molecule has 0 spiro atoms. The molecule has 0 unspecified atom stereocenters. The Morgan fingerprint density at radius 1 is 1.39 bits per heavy atom. The third-order valence-corrected chi connectivity index (χ3v) is 6.24. The molecular formula is C17H26N4OS. The Bertz CT molecular complexity index is 507. The van der Waals surface area contributed by atoms with Gasteiger partial charge in [-0.3, -0.25) is 9.88 Å². The molecule has 2 aliphatic heterocycles. The first-order chi connectivity index (χ1) is 11.2. The summed E-state index contributed by atoms with van der Waals surface area (Å²) in [6, 6.07) is 4.42. The number of likely N-dealkylation sites (tertiary alicyclic amines) is 1. The molecule has 3 rings (SSSR count). The van der Waals surface area contributed by atoms with Gasteiger partial charge in [0, 0.05) is 36.8 Å². The average molecular weight is 334 g/mol. The summed E-state index contributed by atoms with van der Waals surface area (Å²) >= 11 is 1.97. The molecule has 1 aromatic heterocycles. The molecule has 2 N–H and O–H groups in total. The summed E-state index contributed by atoms with van der Waals surface area (Å²) in [6.45, 7) is 2.56. The lowest BCUT2D eigenvalue weighted by molar-refractivity contribution is 0.233. The van der Waals surface area contributed by atoms with Crippen molar-refractivity contribution in [3.05, 3.63) is 30.1 Å². The van der Waals surface area contributed by atoms with E-state index in [-0.39, 0.29) is 6.03 Å². The molecule has 3 atom stereocenters. The van der Waals surface area contributed by atoms with Gasteiger partial charge in [-0.25, -0.2) is 4.79 Å². The summed E-state index contributed by atoms with van der Waals surface area (Å²) in [5, 5.41) is 6.68. The molecule has 2 fully saturated rings. The normalized spacial score (nSPS) is 28.0. The Balaban J connectivity index is 1.47. The van der Waals surface area contributed by atoms with Crippen LogP contribution in [0.2, 0.25) is 0 Å². The van der Waals surface area contributed by atoms with Crippen LogP contribution in [0.3, 0.4) is 0 Å². The minimum Gasteiger partial charge on any atom is -0.338 e. The summed E-state index contributed by atoms with van der Waals surface area (Å²) in [5.41, 5.74) is 1.24. The van der Waals surface area contributed by atoms with Crippen molar-refractivity contribution in [3.63, 3.8) is 0 Å². The van der Waals surface area contributed by atoms with E-state index in [4.69, 9.17) is 0 Å². The lowest BCUT2D eigenvalue weighted by atomic mass is 9.95. The minimum atomic E-state index is -0.0306. The molecule has 5 nitrogen and oxygen atoms in total. The van der Waals surface area contributed by atoms with Crippen molar-refractivity contribution in [3.8, 4) is 0 Å². The second kappa shape index (κ2) is 8.02. The number of pyridine rings is 1. The highest BCUT2D eigenvalue weighted by Gasteiger charge is 2.33. The highest BCUT2D eigenvalue weighted by molar-refractivity contribution is 8.00. The fourth-order valence-corrected chi connectivity index (χ4v) is 4.82. The van der Waals surface area contributed by atoms with Crippen LogP contribution in [0.5, 0.6) is 0 Å². The Hall–Kier alpha value is -1.27. The topological polar surface area (TPSA) is 57.3 Å². The van der Waals surface area contributed by atoms with Crippen molar-refractivity contribution < 1.29 is 4.79 Å². The van der Waals surface area contributed by atoms with Crippen LogP contribution in [0, 0.1) is 5.92 Å². The van der Waals surface area contributed by atoms with Gasteiger partial charge in [-0.15, -0.1) is 0 Å². The van der Waals surface area contributed by atoms with Crippen molar-refractivity contribution in [1.29, 1.82) is 0 Å². The largest absolute Gasteiger partial charge is 0.338 e. The maximum absolute atomic E-state index is 12.0. The van der Waals surface area contributed by atoms with Crippen molar-refractivity contribution >= 4 is 17.8 Å². The Morgan fingerprint density at radius 3 is 3.00 bits per heavy atom. The second-order valence-electron chi connectivity index (χ2n) is 6.49. The first-order valence-electron chi connectivity index (χ1n) is 8.47. The predicted molar refractivity (Wildman–Crippen MR) is 94.6 cm³/mol. The first-order valence-corrected chi connectivity index (χ1v) is 9.52. The van der Waals surface area contributed by atoms with Crippen LogP contribution in [0.25, 0.3) is 0 Å². The average Bonchev–Trinajstić information content (AvgIpc) is 3.21. The lowest BCUT2D eigenvalue weighted by Gasteiger charge is -2.25. The second-order valence-corrected chi connectivity index (χ2v) is 7.89. The monoisotopic (exact) mass is 334 g/mol. The van der Waals surface area contributed by atoms with Crippen LogP contribution >= 0.6 is 11.8 Å². The van der Waals surface area contributed by atoms with Gasteiger partial charge in [-0.1, -0.05) is 6.07 Å². The number of hydrogen-bond acceptors (Lipinski definition) is 4. The number of carbonyl (C=O) groups is 1. The van der Waals surface area contributed by atoms with E-state index in [1.54, 1.807) is 6.20 Å². The molecule has 2 amide bonds. The molecule has 23 heavy (non-hydrogen) atoms. The quantitative estimate of drug-likeness (QED) is 0.867. The highest BCUT2D eigenvalue weighted by atomic mass is 32.2. The predicted octanol–water partition coefficient (Wildman–Crippen LogP) is 2.27. The fraction of sp³-hybridized carbons (Fsp3) is 0.647. The summed E-state index contributed by atoms with van der Waals surface area (Å²) in [7, 11) is 2.15. The van der Waals surface area contributed by atoms with Gasteiger partial charge in [-0.2, -0.15) is 11.8 Å².